The van der Waals surface area contributed by atoms with Crippen molar-refractivity contribution in [1.29, 1.82) is 0 Å². The van der Waals surface area contributed by atoms with Gasteiger partial charge in [-0.25, -0.2) is 5.43 Å². The molecular weight excluding hydrogens is 330 g/mol. The SMILES string of the molecule is COc1cccc2cc(C(=O)N/N=C\c3ccn(C4CCCC4)c3)oc12. The van der Waals surface area contributed by atoms with E-state index >= 15 is 0 Å². The molecule has 1 fully saturated rings. The molecule has 0 aliphatic heterocycles. The zero-order valence-electron chi connectivity index (χ0n) is 14.6. The fraction of sp³-hybridized carbons (Fsp3) is 0.300. The van der Waals surface area contributed by atoms with Crippen LogP contribution < -0.4 is 10.2 Å². The molecule has 1 aliphatic carbocycles. The van der Waals surface area contributed by atoms with E-state index in [2.05, 4.69) is 27.5 Å². The molecule has 0 radical (unpaired) electrons. The minimum Gasteiger partial charge on any atom is -0.493 e. The van der Waals surface area contributed by atoms with Gasteiger partial charge in [-0.2, -0.15) is 5.10 Å². The van der Waals surface area contributed by atoms with E-state index in [9.17, 15) is 4.79 Å². The van der Waals surface area contributed by atoms with Crippen LogP contribution in [0.2, 0.25) is 0 Å². The molecule has 4 rings (SSSR count). The first-order valence-corrected chi connectivity index (χ1v) is 8.82. The Morgan fingerprint density at radius 3 is 3.00 bits per heavy atom. The van der Waals surface area contributed by atoms with E-state index in [1.54, 1.807) is 25.5 Å². The first kappa shape index (κ1) is 16.4. The Hall–Kier alpha value is -3.02. The minimum absolute atomic E-state index is 0.199. The average Bonchev–Trinajstić information content (AvgIpc) is 3.39. The van der Waals surface area contributed by atoms with Gasteiger partial charge in [0, 0.05) is 29.4 Å². The minimum atomic E-state index is -0.394. The maximum atomic E-state index is 12.3. The van der Waals surface area contributed by atoms with Crippen LogP contribution in [0.1, 0.15) is 47.8 Å². The van der Waals surface area contributed by atoms with Gasteiger partial charge in [-0.1, -0.05) is 25.0 Å². The van der Waals surface area contributed by atoms with Crippen LogP contribution in [0.3, 0.4) is 0 Å². The first-order chi connectivity index (χ1) is 12.7. The summed E-state index contributed by atoms with van der Waals surface area (Å²) in [5, 5.41) is 4.85. The van der Waals surface area contributed by atoms with Crippen molar-refractivity contribution in [2.45, 2.75) is 31.7 Å². The molecule has 1 N–H and O–H groups in total. The molecule has 2 aromatic heterocycles. The van der Waals surface area contributed by atoms with Crippen LogP contribution in [-0.4, -0.2) is 23.8 Å². The molecule has 1 saturated carbocycles. The molecule has 3 aromatic rings. The van der Waals surface area contributed by atoms with Gasteiger partial charge >= 0.3 is 5.91 Å². The van der Waals surface area contributed by atoms with Crippen molar-refractivity contribution in [2.75, 3.05) is 7.11 Å². The van der Waals surface area contributed by atoms with Gasteiger partial charge in [0.05, 0.1) is 13.3 Å². The lowest BCUT2D eigenvalue weighted by atomic mass is 10.2. The number of carbonyl (C=O) groups is 1. The van der Waals surface area contributed by atoms with Crippen LogP contribution in [0, 0.1) is 0 Å². The number of hydrogen-bond acceptors (Lipinski definition) is 4. The Bertz CT molecular complexity index is 948. The van der Waals surface area contributed by atoms with E-state index in [1.165, 1.54) is 25.7 Å². The summed E-state index contributed by atoms with van der Waals surface area (Å²) < 4.78 is 13.1. The van der Waals surface area contributed by atoms with Crippen LogP contribution in [0.5, 0.6) is 5.75 Å². The number of rotatable bonds is 5. The highest BCUT2D eigenvalue weighted by molar-refractivity contribution is 5.97. The van der Waals surface area contributed by atoms with Gasteiger partial charge in [-0.3, -0.25) is 4.79 Å². The van der Waals surface area contributed by atoms with Gasteiger partial charge in [0.15, 0.2) is 17.1 Å². The highest BCUT2D eigenvalue weighted by Crippen LogP contribution is 2.30. The third-order valence-electron chi connectivity index (χ3n) is 4.81. The van der Waals surface area contributed by atoms with E-state index in [0.29, 0.717) is 17.4 Å². The van der Waals surface area contributed by atoms with E-state index in [0.717, 1.165) is 10.9 Å². The first-order valence-electron chi connectivity index (χ1n) is 8.82. The molecule has 0 unspecified atom stereocenters. The summed E-state index contributed by atoms with van der Waals surface area (Å²) in [5.41, 5.74) is 4.03. The highest BCUT2D eigenvalue weighted by atomic mass is 16.5. The number of amides is 1. The number of methoxy groups -OCH3 is 1. The summed E-state index contributed by atoms with van der Waals surface area (Å²) in [6, 6.07) is 9.79. The fourth-order valence-corrected chi connectivity index (χ4v) is 3.47. The lowest BCUT2D eigenvalue weighted by Crippen LogP contribution is -2.16. The lowest BCUT2D eigenvalue weighted by molar-refractivity contribution is 0.0929. The quantitative estimate of drug-likeness (QED) is 0.555. The van der Waals surface area contributed by atoms with Gasteiger partial charge in [0.2, 0.25) is 0 Å². The largest absolute Gasteiger partial charge is 0.493 e. The molecule has 1 aliphatic rings. The zero-order valence-corrected chi connectivity index (χ0v) is 14.6. The number of benzene rings is 1. The summed E-state index contributed by atoms with van der Waals surface area (Å²) >= 11 is 0. The Labute approximate surface area is 151 Å². The molecule has 26 heavy (non-hydrogen) atoms. The van der Waals surface area contributed by atoms with Crippen molar-refractivity contribution < 1.29 is 13.9 Å². The number of hydrazone groups is 1. The predicted octanol–water partition coefficient (Wildman–Crippen LogP) is 4.12. The van der Waals surface area contributed by atoms with E-state index in [4.69, 9.17) is 9.15 Å². The number of hydrogen-bond donors (Lipinski definition) is 1. The van der Waals surface area contributed by atoms with Crippen molar-refractivity contribution in [3.8, 4) is 5.75 Å². The molecule has 2 heterocycles. The molecule has 0 saturated heterocycles. The summed E-state index contributed by atoms with van der Waals surface area (Å²) in [6.07, 6.45) is 10.8. The number of carbonyl (C=O) groups excluding carboxylic acids is 1. The smallest absolute Gasteiger partial charge is 0.307 e. The predicted molar refractivity (Wildman–Crippen MR) is 99.8 cm³/mol. The van der Waals surface area contributed by atoms with Crippen molar-refractivity contribution in [1.82, 2.24) is 9.99 Å². The van der Waals surface area contributed by atoms with Gasteiger partial charge in [-0.15, -0.1) is 0 Å². The maximum absolute atomic E-state index is 12.3. The van der Waals surface area contributed by atoms with Crippen molar-refractivity contribution in [2.24, 2.45) is 5.10 Å². The molecule has 0 bridgehead atoms. The lowest BCUT2D eigenvalue weighted by Gasteiger charge is -2.10. The van der Waals surface area contributed by atoms with Gasteiger partial charge in [0.25, 0.3) is 0 Å². The number of para-hydroxylation sites is 1. The average molecular weight is 351 g/mol. The molecule has 6 heteroatoms. The molecule has 1 aromatic carbocycles. The number of fused-ring (bicyclic) bond motifs is 1. The number of aromatic nitrogens is 1. The summed E-state index contributed by atoms with van der Waals surface area (Å²) in [6.45, 7) is 0. The third kappa shape index (κ3) is 3.22. The number of nitrogens with one attached hydrogen (secondary N) is 1. The monoisotopic (exact) mass is 351 g/mol. The Balaban J connectivity index is 1.43. The summed E-state index contributed by atoms with van der Waals surface area (Å²) in [7, 11) is 1.57. The second kappa shape index (κ2) is 7.07. The van der Waals surface area contributed by atoms with Gasteiger partial charge in [0.1, 0.15) is 0 Å². The summed E-state index contributed by atoms with van der Waals surface area (Å²) in [5.74, 6) is 0.401. The molecule has 0 atom stereocenters. The molecule has 0 spiro atoms. The Kier molecular flexibility index (Phi) is 4.48. The normalized spacial score (nSPS) is 15.1. The van der Waals surface area contributed by atoms with Gasteiger partial charge < -0.3 is 13.7 Å². The van der Waals surface area contributed by atoms with Crippen LogP contribution in [0.25, 0.3) is 11.0 Å². The van der Waals surface area contributed by atoms with E-state index in [-0.39, 0.29) is 5.76 Å². The zero-order chi connectivity index (χ0) is 17.9. The highest BCUT2D eigenvalue weighted by Gasteiger charge is 2.16. The van der Waals surface area contributed by atoms with Crippen LogP contribution in [-0.2, 0) is 0 Å². The van der Waals surface area contributed by atoms with Crippen molar-refractivity contribution in [3.63, 3.8) is 0 Å². The van der Waals surface area contributed by atoms with Crippen LogP contribution in [0.15, 0.2) is 52.2 Å². The molecule has 1 amide bonds. The van der Waals surface area contributed by atoms with Crippen LogP contribution >= 0.6 is 0 Å². The van der Waals surface area contributed by atoms with Crippen LogP contribution in [0.4, 0.5) is 0 Å². The second-order valence-corrected chi connectivity index (χ2v) is 6.52. The maximum Gasteiger partial charge on any atom is 0.307 e. The molecule has 6 nitrogen and oxygen atoms in total. The topological polar surface area (TPSA) is 68.8 Å². The van der Waals surface area contributed by atoms with Crippen molar-refractivity contribution >= 4 is 23.1 Å². The Morgan fingerprint density at radius 1 is 1.35 bits per heavy atom. The number of nitrogens with zero attached hydrogens (tertiary/aromatic N) is 2. The third-order valence-corrected chi connectivity index (χ3v) is 4.81. The standard InChI is InChI=1S/C20H21N3O3/c1-25-17-8-4-5-15-11-18(26-19(15)17)20(24)22-21-12-14-9-10-23(13-14)16-6-2-3-7-16/h4-5,8-13,16H,2-3,6-7H2,1H3,(H,22,24)/b21-12-. The number of furan rings is 1. The molecule has 134 valence electrons. The van der Waals surface area contributed by atoms with Crippen molar-refractivity contribution in [3.05, 3.63) is 54.0 Å². The second-order valence-electron chi connectivity index (χ2n) is 6.52. The van der Waals surface area contributed by atoms with Gasteiger partial charge in [-0.05, 0) is 31.0 Å². The molecular formula is C20H21N3O3. The fourth-order valence-electron chi connectivity index (χ4n) is 3.47. The Morgan fingerprint density at radius 2 is 2.19 bits per heavy atom. The number of ether oxygens (including phenoxy) is 1. The van der Waals surface area contributed by atoms with E-state index in [1.807, 2.05) is 18.2 Å². The van der Waals surface area contributed by atoms with E-state index < -0.39 is 5.91 Å². The summed E-state index contributed by atoms with van der Waals surface area (Å²) in [4.78, 5) is 12.3.